The van der Waals surface area contributed by atoms with Crippen LogP contribution in [0.3, 0.4) is 0 Å². The van der Waals surface area contributed by atoms with Crippen LogP contribution in [0.2, 0.25) is 0 Å². The first-order chi connectivity index (χ1) is 9.10. The Hall–Kier alpha value is 0.230. The summed E-state index contributed by atoms with van der Waals surface area (Å²) >= 11 is 1.86. The monoisotopic (exact) mass is 287 g/mol. The van der Waals surface area contributed by atoms with E-state index in [0.29, 0.717) is 12.1 Å². The molecular formula is C15H29NO2S. The molecule has 0 aromatic heterocycles. The molecule has 0 radical (unpaired) electrons. The molecule has 3 atom stereocenters. The van der Waals surface area contributed by atoms with E-state index in [0.717, 1.165) is 50.3 Å². The Kier molecular flexibility index (Phi) is 5.21. The topological polar surface area (TPSA) is 41.5 Å². The van der Waals surface area contributed by atoms with Gasteiger partial charge in [-0.25, -0.2) is 0 Å². The lowest BCUT2D eigenvalue weighted by molar-refractivity contribution is -0.140. The van der Waals surface area contributed by atoms with Crippen LogP contribution in [0.25, 0.3) is 0 Å². The number of ether oxygens (including phenoxy) is 1. The molecule has 0 aromatic carbocycles. The predicted molar refractivity (Wildman–Crippen MR) is 81.7 cm³/mol. The molecule has 2 aliphatic rings. The van der Waals surface area contributed by atoms with Crippen molar-refractivity contribution in [2.45, 2.75) is 64.2 Å². The SMILES string of the molecule is CCOC1CC(NCC2(O)CCSC2)C1(CC)CC. The summed E-state index contributed by atoms with van der Waals surface area (Å²) in [7, 11) is 0. The van der Waals surface area contributed by atoms with Gasteiger partial charge in [-0.2, -0.15) is 11.8 Å². The Labute approximate surface area is 121 Å². The van der Waals surface area contributed by atoms with Crippen molar-refractivity contribution in [2.24, 2.45) is 5.41 Å². The third-order valence-corrected chi connectivity index (χ3v) is 6.46. The van der Waals surface area contributed by atoms with Crippen molar-refractivity contribution in [2.75, 3.05) is 24.7 Å². The van der Waals surface area contributed by atoms with Gasteiger partial charge in [0.05, 0.1) is 11.7 Å². The summed E-state index contributed by atoms with van der Waals surface area (Å²) < 4.78 is 5.90. The minimum atomic E-state index is -0.478. The highest BCUT2D eigenvalue weighted by Gasteiger charge is 2.53. The maximum atomic E-state index is 10.4. The molecule has 2 N–H and O–H groups in total. The molecule has 0 amide bonds. The standard InChI is InChI=1S/C15H29NO2S/c1-4-15(5-2)12(9-13(15)18-6-3)16-10-14(17)7-8-19-11-14/h12-13,16-17H,4-11H2,1-3H3. The molecule has 4 heteroatoms. The summed E-state index contributed by atoms with van der Waals surface area (Å²) in [4.78, 5) is 0. The summed E-state index contributed by atoms with van der Waals surface area (Å²) in [6, 6.07) is 0.508. The van der Waals surface area contributed by atoms with Gasteiger partial charge in [-0.1, -0.05) is 13.8 Å². The highest BCUT2D eigenvalue weighted by atomic mass is 32.2. The predicted octanol–water partition coefficient (Wildman–Crippen LogP) is 2.43. The van der Waals surface area contributed by atoms with Gasteiger partial charge in [0.2, 0.25) is 0 Å². The van der Waals surface area contributed by atoms with E-state index >= 15 is 0 Å². The maximum absolute atomic E-state index is 10.4. The molecule has 0 bridgehead atoms. The Morgan fingerprint density at radius 1 is 1.32 bits per heavy atom. The fourth-order valence-electron chi connectivity index (χ4n) is 3.72. The number of aliphatic hydroxyl groups is 1. The van der Waals surface area contributed by atoms with Crippen LogP contribution in [0.15, 0.2) is 0 Å². The minimum Gasteiger partial charge on any atom is -0.388 e. The normalized spacial score (nSPS) is 37.3. The fourth-order valence-corrected chi connectivity index (χ4v) is 5.01. The molecule has 3 nitrogen and oxygen atoms in total. The lowest BCUT2D eigenvalue weighted by Crippen LogP contribution is -2.65. The van der Waals surface area contributed by atoms with Gasteiger partial charge in [-0.15, -0.1) is 0 Å². The minimum absolute atomic E-state index is 0.276. The van der Waals surface area contributed by atoms with Crippen molar-refractivity contribution in [3.8, 4) is 0 Å². The second-order valence-corrected chi connectivity index (χ2v) is 7.19. The second kappa shape index (κ2) is 6.33. The van der Waals surface area contributed by atoms with Crippen LogP contribution in [0.1, 0.15) is 46.5 Å². The van der Waals surface area contributed by atoms with Gasteiger partial charge in [0, 0.05) is 30.4 Å². The highest BCUT2D eigenvalue weighted by molar-refractivity contribution is 7.99. The molecule has 1 heterocycles. The molecule has 2 rings (SSSR count). The van der Waals surface area contributed by atoms with E-state index in [4.69, 9.17) is 4.74 Å². The molecular weight excluding hydrogens is 258 g/mol. The quantitative estimate of drug-likeness (QED) is 0.754. The van der Waals surface area contributed by atoms with Gasteiger partial charge in [-0.05, 0) is 38.4 Å². The number of nitrogens with one attached hydrogen (secondary N) is 1. The van der Waals surface area contributed by atoms with E-state index in [1.165, 1.54) is 0 Å². The molecule has 112 valence electrons. The molecule has 1 aliphatic carbocycles. The van der Waals surface area contributed by atoms with Gasteiger partial charge in [-0.3, -0.25) is 0 Å². The van der Waals surface area contributed by atoms with E-state index in [1.807, 2.05) is 11.8 Å². The van der Waals surface area contributed by atoms with E-state index in [1.54, 1.807) is 0 Å². The van der Waals surface area contributed by atoms with Crippen LogP contribution in [-0.2, 0) is 4.74 Å². The van der Waals surface area contributed by atoms with Gasteiger partial charge in [0.1, 0.15) is 0 Å². The van der Waals surface area contributed by atoms with Crippen molar-refractivity contribution in [3.05, 3.63) is 0 Å². The molecule has 0 aromatic rings. The van der Waals surface area contributed by atoms with E-state index < -0.39 is 5.60 Å². The van der Waals surface area contributed by atoms with Gasteiger partial charge in [0.15, 0.2) is 0 Å². The van der Waals surface area contributed by atoms with Crippen LogP contribution in [0, 0.1) is 5.41 Å². The Morgan fingerprint density at radius 2 is 2.05 bits per heavy atom. The van der Waals surface area contributed by atoms with E-state index in [9.17, 15) is 5.11 Å². The number of thioether (sulfide) groups is 1. The van der Waals surface area contributed by atoms with E-state index in [2.05, 4.69) is 26.1 Å². The van der Waals surface area contributed by atoms with Crippen LogP contribution < -0.4 is 5.32 Å². The summed E-state index contributed by atoms with van der Waals surface area (Å²) in [6.45, 7) is 8.16. The first kappa shape index (κ1) is 15.6. The molecule has 1 aliphatic heterocycles. The average molecular weight is 287 g/mol. The van der Waals surface area contributed by atoms with Gasteiger partial charge < -0.3 is 15.2 Å². The Bertz CT molecular complexity index is 288. The molecule has 0 spiro atoms. The summed E-state index contributed by atoms with van der Waals surface area (Å²) in [6.07, 6.45) is 4.73. The number of hydrogen-bond donors (Lipinski definition) is 2. The molecule has 19 heavy (non-hydrogen) atoms. The molecule has 2 fully saturated rings. The van der Waals surface area contributed by atoms with Crippen LogP contribution in [0.4, 0.5) is 0 Å². The summed E-state index contributed by atoms with van der Waals surface area (Å²) in [5.74, 6) is 1.98. The second-order valence-electron chi connectivity index (χ2n) is 6.08. The zero-order valence-corrected chi connectivity index (χ0v) is 13.4. The van der Waals surface area contributed by atoms with Crippen LogP contribution >= 0.6 is 11.8 Å². The number of rotatable bonds is 7. The summed E-state index contributed by atoms with van der Waals surface area (Å²) in [5.41, 5.74) is -0.202. The molecule has 1 saturated heterocycles. The first-order valence-electron chi connectivity index (χ1n) is 7.75. The highest BCUT2D eigenvalue weighted by Crippen LogP contribution is 2.49. The van der Waals surface area contributed by atoms with Crippen molar-refractivity contribution in [1.82, 2.24) is 5.32 Å². The van der Waals surface area contributed by atoms with Crippen molar-refractivity contribution < 1.29 is 9.84 Å². The largest absolute Gasteiger partial charge is 0.388 e. The molecule has 3 unspecified atom stereocenters. The Morgan fingerprint density at radius 3 is 2.58 bits per heavy atom. The number of hydrogen-bond acceptors (Lipinski definition) is 4. The lowest BCUT2D eigenvalue weighted by Gasteiger charge is -2.56. The van der Waals surface area contributed by atoms with Crippen molar-refractivity contribution in [3.63, 3.8) is 0 Å². The van der Waals surface area contributed by atoms with Crippen LogP contribution in [0.5, 0.6) is 0 Å². The maximum Gasteiger partial charge on any atom is 0.0869 e. The smallest absolute Gasteiger partial charge is 0.0869 e. The van der Waals surface area contributed by atoms with Crippen molar-refractivity contribution >= 4 is 11.8 Å². The van der Waals surface area contributed by atoms with Gasteiger partial charge >= 0.3 is 0 Å². The zero-order valence-electron chi connectivity index (χ0n) is 12.6. The summed E-state index contributed by atoms with van der Waals surface area (Å²) in [5, 5.41) is 14.1. The third kappa shape index (κ3) is 2.97. The first-order valence-corrected chi connectivity index (χ1v) is 8.91. The average Bonchev–Trinajstić information content (AvgIpc) is 2.82. The zero-order chi connectivity index (χ0) is 13.9. The van der Waals surface area contributed by atoms with Crippen LogP contribution in [-0.4, -0.2) is 47.5 Å². The fraction of sp³-hybridized carbons (Fsp3) is 1.00. The Balaban J connectivity index is 1.89. The van der Waals surface area contributed by atoms with Gasteiger partial charge in [0.25, 0.3) is 0 Å². The lowest BCUT2D eigenvalue weighted by atomic mass is 9.58. The molecule has 1 saturated carbocycles. The van der Waals surface area contributed by atoms with E-state index in [-0.39, 0.29) is 5.41 Å². The van der Waals surface area contributed by atoms with Crippen molar-refractivity contribution in [1.29, 1.82) is 0 Å². The third-order valence-electron chi connectivity index (χ3n) is 5.23.